The van der Waals surface area contributed by atoms with E-state index >= 15 is 0 Å². The average molecular weight is 225 g/mol. The fourth-order valence-electron chi connectivity index (χ4n) is 1.29. The topological polar surface area (TPSA) is 78.0 Å². The van der Waals surface area contributed by atoms with E-state index in [-0.39, 0.29) is 18.1 Å². The summed E-state index contributed by atoms with van der Waals surface area (Å²) in [5.41, 5.74) is -0.136. The fraction of sp³-hybridized carbons (Fsp3) is 0.636. The van der Waals surface area contributed by atoms with Crippen LogP contribution in [0.5, 0.6) is 0 Å². The number of unbranched alkanes of at least 4 members (excludes halogenated alkanes) is 1. The Hall–Kier alpha value is -1.36. The third-order valence-electron chi connectivity index (χ3n) is 2.20. The van der Waals surface area contributed by atoms with Gasteiger partial charge in [0.15, 0.2) is 0 Å². The maximum Gasteiger partial charge on any atom is 0.252 e. The van der Waals surface area contributed by atoms with Crippen LogP contribution >= 0.6 is 0 Å². The van der Waals surface area contributed by atoms with Gasteiger partial charge in [-0.1, -0.05) is 13.8 Å². The summed E-state index contributed by atoms with van der Waals surface area (Å²) >= 11 is 0. The first-order valence-corrected chi connectivity index (χ1v) is 5.59. The molecule has 0 bridgehead atoms. The molecular formula is C11H19N3O2. The van der Waals surface area contributed by atoms with Crippen LogP contribution in [-0.4, -0.2) is 28.2 Å². The molecule has 0 fully saturated rings. The molecule has 5 nitrogen and oxygen atoms in total. The van der Waals surface area contributed by atoms with Crippen LogP contribution in [0.1, 0.15) is 38.4 Å². The van der Waals surface area contributed by atoms with Gasteiger partial charge in [0, 0.05) is 25.1 Å². The summed E-state index contributed by atoms with van der Waals surface area (Å²) < 4.78 is 0. The van der Waals surface area contributed by atoms with Gasteiger partial charge in [-0.15, -0.1) is 0 Å². The second-order valence-electron chi connectivity index (χ2n) is 4.03. The highest BCUT2D eigenvalue weighted by atomic mass is 16.2. The van der Waals surface area contributed by atoms with Crippen molar-refractivity contribution < 1.29 is 5.11 Å². The molecule has 0 amide bonds. The molecule has 16 heavy (non-hydrogen) atoms. The van der Waals surface area contributed by atoms with Crippen LogP contribution in [0.4, 0.5) is 5.82 Å². The van der Waals surface area contributed by atoms with Crippen LogP contribution < -0.4 is 10.9 Å². The Labute approximate surface area is 94.9 Å². The largest absolute Gasteiger partial charge is 0.396 e. The number of hydrogen-bond acceptors (Lipinski definition) is 4. The first-order chi connectivity index (χ1) is 7.63. The molecule has 1 aromatic heterocycles. The zero-order valence-electron chi connectivity index (χ0n) is 9.79. The number of nitrogens with one attached hydrogen (secondary N) is 2. The van der Waals surface area contributed by atoms with Crippen molar-refractivity contribution in [2.24, 2.45) is 0 Å². The normalized spacial score (nSPS) is 10.8. The molecule has 0 atom stereocenters. The van der Waals surface area contributed by atoms with Crippen LogP contribution in [0.2, 0.25) is 0 Å². The molecule has 1 rings (SSSR count). The van der Waals surface area contributed by atoms with Gasteiger partial charge in [0.1, 0.15) is 11.6 Å². The summed E-state index contributed by atoms with van der Waals surface area (Å²) in [6.07, 6.45) is 1.62. The van der Waals surface area contributed by atoms with E-state index in [2.05, 4.69) is 15.3 Å². The third kappa shape index (κ3) is 4.02. The number of H-pyrrole nitrogens is 1. The van der Waals surface area contributed by atoms with Crippen LogP contribution in [0, 0.1) is 0 Å². The summed E-state index contributed by atoms with van der Waals surface area (Å²) in [6.45, 7) is 4.87. The SMILES string of the molecule is CC(C)c1nc(NCCCCO)cc(=O)[nH]1. The summed E-state index contributed by atoms with van der Waals surface area (Å²) in [6, 6.07) is 1.45. The van der Waals surface area contributed by atoms with E-state index in [1.54, 1.807) is 0 Å². The van der Waals surface area contributed by atoms with Gasteiger partial charge < -0.3 is 15.4 Å². The van der Waals surface area contributed by atoms with Crippen molar-refractivity contribution >= 4 is 5.82 Å². The van der Waals surface area contributed by atoms with Gasteiger partial charge in [0.2, 0.25) is 0 Å². The van der Waals surface area contributed by atoms with Crippen molar-refractivity contribution in [2.45, 2.75) is 32.6 Å². The Balaban J connectivity index is 2.62. The minimum Gasteiger partial charge on any atom is -0.396 e. The van der Waals surface area contributed by atoms with E-state index in [0.717, 1.165) is 12.8 Å². The van der Waals surface area contributed by atoms with Crippen LogP contribution in [-0.2, 0) is 0 Å². The molecule has 1 aromatic rings. The van der Waals surface area contributed by atoms with Gasteiger partial charge in [0.05, 0.1) is 0 Å². The number of rotatable bonds is 6. The molecule has 0 radical (unpaired) electrons. The molecule has 0 aliphatic rings. The molecule has 0 saturated carbocycles. The lowest BCUT2D eigenvalue weighted by Gasteiger charge is -2.08. The number of aromatic nitrogens is 2. The molecule has 0 unspecified atom stereocenters. The number of aliphatic hydroxyl groups is 1. The van der Waals surface area contributed by atoms with Gasteiger partial charge in [-0.3, -0.25) is 4.79 Å². The maximum absolute atomic E-state index is 11.3. The monoisotopic (exact) mass is 225 g/mol. The van der Waals surface area contributed by atoms with Crippen molar-refractivity contribution in [1.29, 1.82) is 0 Å². The lowest BCUT2D eigenvalue weighted by atomic mass is 10.2. The van der Waals surface area contributed by atoms with E-state index in [4.69, 9.17) is 5.11 Å². The van der Waals surface area contributed by atoms with E-state index in [9.17, 15) is 4.79 Å². The van der Waals surface area contributed by atoms with Gasteiger partial charge >= 0.3 is 0 Å². The second-order valence-corrected chi connectivity index (χ2v) is 4.03. The van der Waals surface area contributed by atoms with Gasteiger partial charge in [-0.2, -0.15) is 0 Å². The molecule has 0 aromatic carbocycles. The standard InChI is InChI=1S/C11H19N3O2/c1-8(2)11-13-9(7-10(16)14-11)12-5-3-4-6-15/h7-8,15H,3-6H2,1-2H3,(H2,12,13,14,16). The number of anilines is 1. The molecule has 0 aliphatic heterocycles. The fourth-order valence-corrected chi connectivity index (χ4v) is 1.29. The Morgan fingerprint density at radius 2 is 2.25 bits per heavy atom. The Bertz CT molecular complexity index is 374. The predicted octanol–water partition coefficient (Wildman–Crippen LogP) is 1.08. The second kappa shape index (κ2) is 6.27. The van der Waals surface area contributed by atoms with Crippen LogP contribution in [0.3, 0.4) is 0 Å². The van der Waals surface area contributed by atoms with E-state index < -0.39 is 0 Å². The smallest absolute Gasteiger partial charge is 0.252 e. The first kappa shape index (κ1) is 12.7. The minimum atomic E-state index is -0.136. The molecule has 1 heterocycles. The van der Waals surface area contributed by atoms with Crippen molar-refractivity contribution in [3.63, 3.8) is 0 Å². The van der Waals surface area contributed by atoms with Crippen molar-refractivity contribution in [3.05, 3.63) is 22.2 Å². The number of nitrogens with zero attached hydrogens (tertiary/aromatic N) is 1. The van der Waals surface area contributed by atoms with Crippen molar-refractivity contribution in [3.8, 4) is 0 Å². The summed E-state index contributed by atoms with van der Waals surface area (Å²) in [7, 11) is 0. The van der Waals surface area contributed by atoms with E-state index in [0.29, 0.717) is 18.2 Å². The highest BCUT2D eigenvalue weighted by molar-refractivity contribution is 5.33. The highest BCUT2D eigenvalue weighted by Gasteiger charge is 2.04. The molecule has 0 spiro atoms. The van der Waals surface area contributed by atoms with E-state index in [1.165, 1.54) is 6.07 Å². The van der Waals surface area contributed by atoms with Crippen molar-refractivity contribution in [1.82, 2.24) is 9.97 Å². The minimum absolute atomic E-state index is 0.136. The Morgan fingerprint density at radius 3 is 2.88 bits per heavy atom. The van der Waals surface area contributed by atoms with E-state index in [1.807, 2.05) is 13.8 Å². The van der Waals surface area contributed by atoms with Crippen LogP contribution in [0.25, 0.3) is 0 Å². The molecule has 5 heteroatoms. The van der Waals surface area contributed by atoms with Gasteiger partial charge in [-0.05, 0) is 12.8 Å². The Morgan fingerprint density at radius 1 is 1.50 bits per heavy atom. The van der Waals surface area contributed by atoms with Crippen molar-refractivity contribution in [2.75, 3.05) is 18.5 Å². The van der Waals surface area contributed by atoms with Gasteiger partial charge in [-0.25, -0.2) is 4.98 Å². The quantitative estimate of drug-likeness (QED) is 0.633. The zero-order chi connectivity index (χ0) is 12.0. The predicted molar refractivity (Wildman–Crippen MR) is 63.8 cm³/mol. The number of aromatic amines is 1. The molecular weight excluding hydrogens is 206 g/mol. The number of hydrogen-bond donors (Lipinski definition) is 3. The molecule has 90 valence electrons. The Kier molecular flexibility index (Phi) is 4.98. The lowest BCUT2D eigenvalue weighted by molar-refractivity contribution is 0.286. The van der Waals surface area contributed by atoms with Crippen LogP contribution in [0.15, 0.2) is 10.9 Å². The summed E-state index contributed by atoms with van der Waals surface area (Å²) in [5, 5.41) is 11.7. The summed E-state index contributed by atoms with van der Waals surface area (Å²) in [5.74, 6) is 1.49. The summed E-state index contributed by atoms with van der Waals surface area (Å²) in [4.78, 5) is 18.3. The molecule has 0 saturated heterocycles. The average Bonchev–Trinajstić information content (AvgIpc) is 2.23. The lowest BCUT2D eigenvalue weighted by Crippen LogP contribution is -2.15. The highest BCUT2D eigenvalue weighted by Crippen LogP contribution is 2.08. The molecule has 3 N–H and O–H groups in total. The zero-order valence-corrected chi connectivity index (χ0v) is 9.79. The molecule has 0 aliphatic carbocycles. The van der Waals surface area contributed by atoms with Gasteiger partial charge in [0.25, 0.3) is 5.56 Å². The number of aliphatic hydroxyl groups excluding tert-OH is 1. The third-order valence-corrected chi connectivity index (χ3v) is 2.20. The first-order valence-electron chi connectivity index (χ1n) is 5.59. The maximum atomic E-state index is 11.3.